The number of para-hydroxylation sites is 5. The van der Waals surface area contributed by atoms with Gasteiger partial charge in [0.1, 0.15) is 0 Å². The Morgan fingerprint density at radius 3 is 1.74 bits per heavy atom. The van der Waals surface area contributed by atoms with Gasteiger partial charge in [-0.3, -0.25) is 4.57 Å². The first-order chi connectivity index (χ1) is 32.3. The Kier molecular flexibility index (Phi) is 6.89. The van der Waals surface area contributed by atoms with E-state index < -0.39 is 0 Å². The monoisotopic (exact) mass is 825 g/mol. The minimum Gasteiger partial charge on any atom is -0.309 e. The topological polar surface area (TPSA) is 40.6 Å². The Morgan fingerprint density at radius 1 is 0.323 bits per heavy atom. The summed E-state index contributed by atoms with van der Waals surface area (Å²) in [6, 6.07) is 77.0. The van der Waals surface area contributed by atoms with E-state index in [4.69, 9.17) is 9.97 Å². The van der Waals surface area contributed by atoms with Gasteiger partial charge in [0.25, 0.3) is 0 Å². The van der Waals surface area contributed by atoms with E-state index in [1.165, 1.54) is 65.9 Å². The Balaban J connectivity index is 1.12. The van der Waals surface area contributed by atoms with Gasteiger partial charge in [-0.15, -0.1) is 0 Å². The fourth-order valence-corrected chi connectivity index (χ4v) is 11.4. The molecule has 0 spiro atoms. The molecule has 5 heterocycles. The highest BCUT2D eigenvalue weighted by molar-refractivity contribution is 6.29. The van der Waals surface area contributed by atoms with E-state index in [0.717, 1.165) is 66.1 Å². The van der Waals surface area contributed by atoms with Gasteiger partial charge < -0.3 is 9.13 Å². The molecule has 1 aliphatic rings. The molecule has 65 heavy (non-hydrogen) atoms. The van der Waals surface area contributed by atoms with Crippen LogP contribution in [0, 0.1) is 0 Å². The third-order valence-electron chi connectivity index (χ3n) is 14.0. The van der Waals surface area contributed by atoms with Crippen LogP contribution in [-0.2, 0) is 0 Å². The van der Waals surface area contributed by atoms with E-state index in [0.29, 0.717) is 5.95 Å². The molecule has 0 unspecified atom stereocenters. The zero-order valence-corrected chi connectivity index (χ0v) is 34.9. The van der Waals surface area contributed by atoms with Crippen molar-refractivity contribution in [3.05, 3.63) is 212 Å². The Bertz CT molecular complexity index is 4360. The predicted molar refractivity (Wildman–Crippen MR) is 270 cm³/mol. The standard InChI is InChI=1S/C60H35N5/c1-2-18-37(19-3-1)63-50-30-14-10-25-43(50)54-45(27-16-32-52(54)63)58-55-38-20-5-4-17-36(38)33-34-47(55)61-60(62-58)65-51-31-15-11-26-44(51)56-53(65)35-46-41-23-9-13-29-49(41)64-48-28-12-8-22-40(48)39-21-6-7-24-42(39)57(56)59(46)64/h1-35H. The molecule has 0 N–H and O–H groups in total. The fourth-order valence-electron chi connectivity index (χ4n) is 11.4. The fraction of sp³-hybridized carbons (Fsp3) is 0. The normalized spacial score (nSPS) is 12.3. The molecule has 0 atom stereocenters. The lowest BCUT2D eigenvalue weighted by Gasteiger charge is -2.15. The third-order valence-corrected chi connectivity index (χ3v) is 14.0. The molecule has 0 radical (unpaired) electrons. The predicted octanol–water partition coefficient (Wildman–Crippen LogP) is 15.4. The van der Waals surface area contributed by atoms with Crippen molar-refractivity contribution < 1.29 is 0 Å². The second-order valence-corrected chi connectivity index (χ2v) is 17.3. The number of fused-ring (bicyclic) bond motifs is 18. The van der Waals surface area contributed by atoms with E-state index in [2.05, 4.69) is 226 Å². The largest absolute Gasteiger partial charge is 0.309 e. The van der Waals surface area contributed by atoms with Gasteiger partial charge in [-0.05, 0) is 76.5 Å². The summed E-state index contributed by atoms with van der Waals surface area (Å²) in [7, 11) is 0. The first-order valence-corrected chi connectivity index (χ1v) is 22.3. The molecule has 0 amide bonds. The quantitative estimate of drug-likeness (QED) is 0.167. The van der Waals surface area contributed by atoms with Gasteiger partial charge >= 0.3 is 0 Å². The van der Waals surface area contributed by atoms with E-state index >= 15 is 0 Å². The molecule has 5 heteroatoms. The Morgan fingerprint density at radius 2 is 0.923 bits per heavy atom. The summed E-state index contributed by atoms with van der Waals surface area (Å²) in [6.07, 6.45) is 0. The maximum absolute atomic E-state index is 5.85. The summed E-state index contributed by atoms with van der Waals surface area (Å²) in [4.78, 5) is 11.5. The van der Waals surface area contributed by atoms with E-state index in [-0.39, 0.29) is 0 Å². The molecule has 0 fully saturated rings. The van der Waals surface area contributed by atoms with Gasteiger partial charge in [-0.1, -0.05) is 158 Å². The lowest BCUT2D eigenvalue weighted by molar-refractivity contribution is 1.02. The zero-order chi connectivity index (χ0) is 42.3. The number of aromatic nitrogens is 5. The molecule has 0 bridgehead atoms. The number of hydrogen-bond donors (Lipinski definition) is 0. The Labute approximate surface area is 372 Å². The summed E-state index contributed by atoms with van der Waals surface area (Å²) < 4.78 is 7.22. The molecule has 300 valence electrons. The molecule has 14 aromatic rings. The smallest absolute Gasteiger partial charge is 0.235 e. The first kappa shape index (κ1) is 34.7. The highest BCUT2D eigenvalue weighted by Gasteiger charge is 2.30. The lowest BCUT2D eigenvalue weighted by Crippen LogP contribution is -2.04. The minimum absolute atomic E-state index is 0.637. The highest BCUT2D eigenvalue weighted by atomic mass is 15.2. The van der Waals surface area contributed by atoms with Crippen molar-refractivity contribution in [3.8, 4) is 50.8 Å². The van der Waals surface area contributed by atoms with Crippen molar-refractivity contribution in [3.63, 3.8) is 0 Å². The van der Waals surface area contributed by atoms with Crippen LogP contribution >= 0.6 is 0 Å². The molecular formula is C60H35N5. The summed E-state index contributed by atoms with van der Waals surface area (Å²) in [6.45, 7) is 0. The number of rotatable bonds is 3. The molecule has 5 nitrogen and oxygen atoms in total. The van der Waals surface area contributed by atoms with Crippen LogP contribution in [0.1, 0.15) is 0 Å². The molecule has 4 aromatic heterocycles. The summed E-state index contributed by atoms with van der Waals surface area (Å²) in [5.74, 6) is 0.637. The van der Waals surface area contributed by atoms with E-state index in [1.54, 1.807) is 0 Å². The summed E-state index contributed by atoms with van der Waals surface area (Å²) in [5, 5.41) is 10.4. The van der Waals surface area contributed by atoms with Gasteiger partial charge in [-0.2, -0.15) is 0 Å². The molecule has 15 rings (SSSR count). The molecule has 10 aromatic carbocycles. The van der Waals surface area contributed by atoms with Gasteiger partial charge in [0.15, 0.2) is 0 Å². The Hall–Kier alpha value is -8.80. The molecule has 0 saturated heterocycles. The number of benzene rings is 10. The molecule has 0 aliphatic carbocycles. The van der Waals surface area contributed by atoms with Crippen molar-refractivity contribution in [2.24, 2.45) is 0 Å². The van der Waals surface area contributed by atoms with Gasteiger partial charge in [0, 0.05) is 60.1 Å². The summed E-state index contributed by atoms with van der Waals surface area (Å²) in [5.41, 5.74) is 16.9. The van der Waals surface area contributed by atoms with Crippen LogP contribution in [0.25, 0.3) is 138 Å². The average molecular weight is 826 g/mol. The summed E-state index contributed by atoms with van der Waals surface area (Å²) >= 11 is 0. The average Bonchev–Trinajstić information content (AvgIpc) is 3.98. The van der Waals surface area contributed by atoms with Crippen molar-refractivity contribution in [1.29, 1.82) is 0 Å². The van der Waals surface area contributed by atoms with Crippen LogP contribution in [-0.4, -0.2) is 23.7 Å². The van der Waals surface area contributed by atoms with Crippen LogP contribution < -0.4 is 0 Å². The molecule has 0 saturated carbocycles. The van der Waals surface area contributed by atoms with Gasteiger partial charge in [0.2, 0.25) is 5.95 Å². The second-order valence-electron chi connectivity index (χ2n) is 17.3. The van der Waals surface area contributed by atoms with Crippen LogP contribution in [0.15, 0.2) is 212 Å². The number of hydrogen-bond acceptors (Lipinski definition) is 2. The van der Waals surface area contributed by atoms with Crippen molar-refractivity contribution >= 4 is 87.1 Å². The van der Waals surface area contributed by atoms with Crippen molar-refractivity contribution in [1.82, 2.24) is 23.7 Å². The maximum atomic E-state index is 5.85. The van der Waals surface area contributed by atoms with Crippen LogP contribution in [0.4, 0.5) is 0 Å². The van der Waals surface area contributed by atoms with E-state index in [1.807, 2.05) is 0 Å². The molecular weight excluding hydrogens is 791 g/mol. The first-order valence-electron chi connectivity index (χ1n) is 22.3. The second kappa shape index (κ2) is 12.9. The van der Waals surface area contributed by atoms with Crippen LogP contribution in [0.5, 0.6) is 0 Å². The van der Waals surface area contributed by atoms with Crippen molar-refractivity contribution in [2.45, 2.75) is 0 Å². The third kappa shape index (κ3) is 4.60. The number of nitrogens with zero attached hydrogens (tertiary/aromatic N) is 5. The zero-order valence-electron chi connectivity index (χ0n) is 34.9. The maximum Gasteiger partial charge on any atom is 0.235 e. The van der Waals surface area contributed by atoms with Crippen LogP contribution in [0.2, 0.25) is 0 Å². The lowest BCUT2D eigenvalue weighted by atomic mass is 9.91. The van der Waals surface area contributed by atoms with Crippen LogP contribution in [0.3, 0.4) is 0 Å². The van der Waals surface area contributed by atoms with E-state index in [9.17, 15) is 0 Å². The SMILES string of the molecule is c1ccc(-n2c3ccccc3c3c(-c4nc(-n5c6ccccc6c6c7c8c(cc65)c5ccccc5n8-c5ccccc5-c5ccccc5-7)nc5ccc6ccccc6c45)cccc32)cc1. The van der Waals surface area contributed by atoms with Crippen molar-refractivity contribution in [2.75, 3.05) is 0 Å². The van der Waals surface area contributed by atoms with Gasteiger partial charge in [0.05, 0.1) is 50.0 Å². The van der Waals surface area contributed by atoms with Gasteiger partial charge in [-0.25, -0.2) is 9.97 Å². The molecule has 1 aliphatic heterocycles. The highest BCUT2D eigenvalue weighted by Crippen LogP contribution is 2.52. The minimum atomic E-state index is 0.637.